The van der Waals surface area contributed by atoms with E-state index in [-0.39, 0.29) is 33.7 Å². The molecule has 2 rings (SSSR count). The highest BCUT2D eigenvalue weighted by Gasteiger charge is 2.32. The molecule has 13 heteroatoms. The summed E-state index contributed by atoms with van der Waals surface area (Å²) in [6.07, 6.45) is -1.70. The minimum atomic E-state index is -4.59. The summed E-state index contributed by atoms with van der Waals surface area (Å²) in [6, 6.07) is 7.14. The lowest BCUT2D eigenvalue weighted by molar-refractivity contribution is -0.137. The maximum absolute atomic E-state index is 13.0. The molecule has 0 atom stereocenters. The molecule has 0 fully saturated rings. The third-order valence-electron chi connectivity index (χ3n) is 4.48. The van der Waals surface area contributed by atoms with E-state index in [9.17, 15) is 26.4 Å². The number of hydrazine groups is 1. The molecule has 2 aromatic carbocycles. The van der Waals surface area contributed by atoms with Crippen LogP contribution in [-0.2, 0) is 21.0 Å². The second-order valence-electron chi connectivity index (χ2n) is 7.05. The van der Waals surface area contributed by atoms with Crippen molar-refractivity contribution in [1.29, 1.82) is 0 Å². The molecule has 0 bridgehead atoms. The first-order valence-electron chi connectivity index (χ1n) is 9.92. The number of nitrogens with one attached hydrogen (secondary N) is 2. The molecule has 0 spiro atoms. The zero-order valence-electron chi connectivity index (χ0n) is 17.9. The maximum atomic E-state index is 13.0. The highest BCUT2D eigenvalue weighted by atomic mass is 35.5. The fourth-order valence-corrected chi connectivity index (χ4v) is 4.59. The zero-order valence-corrected chi connectivity index (χ0v) is 20.2. The van der Waals surface area contributed by atoms with E-state index in [4.69, 9.17) is 28.3 Å². The first kappa shape index (κ1) is 27.9. The fourth-order valence-electron chi connectivity index (χ4n) is 2.96. The van der Waals surface area contributed by atoms with Crippen LogP contribution < -0.4 is 15.2 Å². The highest BCUT2D eigenvalue weighted by molar-refractivity contribution is 7.89. The predicted molar refractivity (Wildman–Crippen MR) is 125 cm³/mol. The molecule has 0 aliphatic heterocycles. The molecule has 0 heterocycles. The van der Waals surface area contributed by atoms with E-state index in [2.05, 4.69) is 10.3 Å². The number of carboxylic acids is 1. The van der Waals surface area contributed by atoms with Gasteiger partial charge in [-0.3, -0.25) is 0 Å². The van der Waals surface area contributed by atoms with Gasteiger partial charge >= 0.3 is 12.1 Å². The van der Waals surface area contributed by atoms with E-state index in [1.54, 1.807) is 4.90 Å². The Morgan fingerprint density at radius 1 is 1.12 bits per heavy atom. The van der Waals surface area contributed by atoms with Crippen LogP contribution in [0, 0.1) is 0 Å². The van der Waals surface area contributed by atoms with Gasteiger partial charge in [0.25, 0.3) is 10.0 Å². The Morgan fingerprint density at radius 2 is 1.71 bits per heavy atom. The van der Waals surface area contributed by atoms with Crippen LogP contribution in [0.3, 0.4) is 0 Å². The van der Waals surface area contributed by atoms with Crippen molar-refractivity contribution in [1.82, 2.24) is 10.3 Å². The molecule has 0 aliphatic carbocycles. The van der Waals surface area contributed by atoms with Gasteiger partial charge in [0.2, 0.25) is 0 Å². The molecule has 186 valence electrons. The Kier molecular flexibility index (Phi) is 9.77. The van der Waals surface area contributed by atoms with Gasteiger partial charge < -0.3 is 10.0 Å². The van der Waals surface area contributed by atoms with E-state index in [1.807, 2.05) is 6.92 Å². The first-order chi connectivity index (χ1) is 15.8. The summed E-state index contributed by atoms with van der Waals surface area (Å²) < 4.78 is 63.8. The lowest BCUT2D eigenvalue weighted by Gasteiger charge is -2.27. The normalized spacial score (nSPS) is 12.3. The number of carbonyl (C=O) groups is 1. The molecule has 0 saturated carbocycles. The zero-order chi connectivity index (χ0) is 25.5. The van der Waals surface area contributed by atoms with Gasteiger partial charge in [0.05, 0.1) is 26.2 Å². The van der Waals surface area contributed by atoms with Crippen LogP contribution in [-0.4, -0.2) is 39.1 Å². The lowest BCUT2D eigenvalue weighted by atomic mass is 10.1. The molecular formula is C21H22Cl2F3N3O4S. The fraction of sp³-hybridized carbons (Fsp3) is 0.286. The van der Waals surface area contributed by atoms with Crippen molar-refractivity contribution in [2.75, 3.05) is 24.5 Å². The standard InChI is InChI=1S/C21H22Cl2F3N3O4S/c1-2-10-29(20-17(22)12-15(13-18(20)23)21(24,25)26)11-9-27-28-34(32,33)16-6-3-14(4-7-16)5-8-19(30)31/h3-8,12-13,27-28H,2,9-11H2,1H3,(H,30,31). The number of hydrogen-bond acceptors (Lipinski definition) is 5. The molecule has 34 heavy (non-hydrogen) atoms. The quantitative estimate of drug-likeness (QED) is 0.215. The Morgan fingerprint density at radius 3 is 2.21 bits per heavy atom. The summed E-state index contributed by atoms with van der Waals surface area (Å²) in [5, 5.41) is 8.31. The SMILES string of the molecule is CCCN(CCNNS(=O)(=O)c1ccc(C=CC(=O)O)cc1)c1c(Cl)cc(C(F)(F)F)cc1Cl. The van der Waals surface area contributed by atoms with Gasteiger partial charge in [0.15, 0.2) is 0 Å². The molecule has 2 aromatic rings. The van der Waals surface area contributed by atoms with Crippen molar-refractivity contribution in [3.8, 4) is 0 Å². The topological polar surface area (TPSA) is 98.7 Å². The number of benzene rings is 2. The third-order valence-corrected chi connectivity index (χ3v) is 6.36. The number of aliphatic carboxylic acids is 1. The number of sulfonamides is 1. The Labute approximate surface area is 205 Å². The maximum Gasteiger partial charge on any atom is 0.416 e. The average molecular weight is 540 g/mol. The molecular weight excluding hydrogens is 518 g/mol. The summed E-state index contributed by atoms with van der Waals surface area (Å²) in [6.45, 7) is 2.57. The molecule has 3 N–H and O–H groups in total. The van der Waals surface area contributed by atoms with Crippen molar-refractivity contribution in [3.63, 3.8) is 0 Å². The van der Waals surface area contributed by atoms with E-state index >= 15 is 0 Å². The Balaban J connectivity index is 2.04. The number of hydrogen-bond donors (Lipinski definition) is 3. The largest absolute Gasteiger partial charge is 0.478 e. The summed E-state index contributed by atoms with van der Waals surface area (Å²) >= 11 is 12.2. The van der Waals surface area contributed by atoms with E-state index in [1.165, 1.54) is 30.3 Å². The Bertz CT molecular complexity index is 1120. The number of anilines is 1. The first-order valence-corrected chi connectivity index (χ1v) is 12.2. The number of nitrogens with zero attached hydrogens (tertiary/aromatic N) is 1. The van der Waals surface area contributed by atoms with Gasteiger partial charge in [-0.25, -0.2) is 18.6 Å². The molecule has 0 radical (unpaired) electrons. The number of alkyl halides is 3. The second kappa shape index (κ2) is 11.9. The van der Waals surface area contributed by atoms with Crippen LogP contribution in [0.5, 0.6) is 0 Å². The van der Waals surface area contributed by atoms with Crippen molar-refractivity contribution < 1.29 is 31.5 Å². The smallest absolute Gasteiger partial charge is 0.416 e. The van der Waals surface area contributed by atoms with Crippen LogP contribution in [0.2, 0.25) is 10.0 Å². The van der Waals surface area contributed by atoms with Crippen LogP contribution >= 0.6 is 23.2 Å². The predicted octanol–water partition coefficient (Wildman–Crippen LogP) is 4.81. The van der Waals surface area contributed by atoms with Crippen LogP contribution in [0.15, 0.2) is 47.4 Å². The molecule has 0 amide bonds. The number of carboxylic acid groups (broad SMARTS) is 1. The third kappa shape index (κ3) is 7.88. The van der Waals surface area contributed by atoms with Crippen molar-refractivity contribution in [2.24, 2.45) is 0 Å². The van der Waals surface area contributed by atoms with Crippen molar-refractivity contribution >= 4 is 51.0 Å². The van der Waals surface area contributed by atoms with Crippen LogP contribution in [0.25, 0.3) is 6.08 Å². The van der Waals surface area contributed by atoms with Gasteiger partial charge in [-0.05, 0) is 42.3 Å². The van der Waals surface area contributed by atoms with E-state index in [0.717, 1.165) is 18.2 Å². The highest BCUT2D eigenvalue weighted by Crippen LogP contribution is 2.40. The van der Waals surface area contributed by atoms with Gasteiger partial charge in [-0.15, -0.1) is 4.83 Å². The van der Waals surface area contributed by atoms with Crippen LogP contribution in [0.4, 0.5) is 18.9 Å². The molecule has 7 nitrogen and oxygen atoms in total. The van der Waals surface area contributed by atoms with Gasteiger partial charge in [0.1, 0.15) is 0 Å². The van der Waals surface area contributed by atoms with Crippen molar-refractivity contribution in [2.45, 2.75) is 24.4 Å². The number of halogens is 5. The van der Waals surface area contributed by atoms with Crippen LogP contribution in [0.1, 0.15) is 24.5 Å². The average Bonchev–Trinajstić information content (AvgIpc) is 2.74. The summed E-state index contributed by atoms with van der Waals surface area (Å²) in [7, 11) is -3.92. The van der Waals surface area contributed by atoms with Gasteiger partial charge in [0, 0.05) is 25.7 Å². The van der Waals surface area contributed by atoms with E-state index in [0.29, 0.717) is 18.5 Å². The summed E-state index contributed by atoms with van der Waals surface area (Å²) in [5.41, 5.74) is 2.35. The summed E-state index contributed by atoms with van der Waals surface area (Å²) in [5.74, 6) is -1.13. The van der Waals surface area contributed by atoms with E-state index < -0.39 is 27.7 Å². The minimum absolute atomic E-state index is 0.0493. The minimum Gasteiger partial charge on any atom is -0.478 e. The summed E-state index contributed by atoms with van der Waals surface area (Å²) in [4.78, 5) is 14.4. The Hall–Kier alpha value is -2.31. The van der Waals surface area contributed by atoms with Crippen molar-refractivity contribution in [3.05, 3.63) is 63.6 Å². The monoisotopic (exact) mass is 539 g/mol. The molecule has 0 aromatic heterocycles. The lowest BCUT2D eigenvalue weighted by Crippen LogP contribution is -2.42. The molecule has 0 aliphatic rings. The molecule has 0 saturated heterocycles. The van der Waals surface area contributed by atoms with Gasteiger partial charge in [-0.2, -0.15) is 13.2 Å². The molecule has 0 unspecified atom stereocenters. The second-order valence-corrected chi connectivity index (χ2v) is 9.54. The number of rotatable bonds is 11. The van der Waals surface area contributed by atoms with Gasteiger partial charge in [-0.1, -0.05) is 42.3 Å².